The van der Waals surface area contributed by atoms with Crippen LogP contribution in [-0.2, 0) is 6.54 Å². The molecule has 4 nitrogen and oxygen atoms in total. The number of nitrogens with one attached hydrogen (secondary N) is 1. The van der Waals surface area contributed by atoms with Crippen molar-refractivity contribution in [3.63, 3.8) is 0 Å². The maximum absolute atomic E-state index is 4.29. The van der Waals surface area contributed by atoms with Gasteiger partial charge in [0.1, 0.15) is 0 Å². The van der Waals surface area contributed by atoms with Crippen LogP contribution in [0.5, 0.6) is 0 Å². The SMILES string of the molecule is Cc1cnn(CCNC2CCN(C(C)C)C2)c1. The highest BCUT2D eigenvalue weighted by atomic mass is 15.3. The van der Waals surface area contributed by atoms with Crippen molar-refractivity contribution < 1.29 is 0 Å². The fraction of sp³-hybridized carbons (Fsp3) is 0.769. The summed E-state index contributed by atoms with van der Waals surface area (Å²) in [4.78, 5) is 2.54. The Morgan fingerprint density at radius 2 is 2.35 bits per heavy atom. The Labute approximate surface area is 104 Å². The van der Waals surface area contributed by atoms with Gasteiger partial charge in [-0.1, -0.05) is 0 Å². The van der Waals surface area contributed by atoms with E-state index in [9.17, 15) is 0 Å². The summed E-state index contributed by atoms with van der Waals surface area (Å²) in [5, 5.41) is 7.91. The molecule has 0 amide bonds. The van der Waals surface area contributed by atoms with Crippen LogP contribution in [0.1, 0.15) is 25.8 Å². The molecule has 1 aromatic heterocycles. The van der Waals surface area contributed by atoms with E-state index in [0.717, 1.165) is 13.1 Å². The normalized spacial score (nSPS) is 21.5. The lowest BCUT2D eigenvalue weighted by Crippen LogP contribution is -2.36. The quantitative estimate of drug-likeness (QED) is 0.835. The van der Waals surface area contributed by atoms with Crippen LogP contribution in [0, 0.1) is 6.92 Å². The van der Waals surface area contributed by atoms with Gasteiger partial charge in [0, 0.05) is 31.4 Å². The fourth-order valence-electron chi connectivity index (χ4n) is 2.40. The molecule has 1 aromatic rings. The van der Waals surface area contributed by atoms with Crippen LogP contribution in [0.25, 0.3) is 0 Å². The standard InChI is InChI=1S/C13H24N4/c1-11(2)16-6-4-13(10-16)14-5-7-17-9-12(3)8-15-17/h8-9,11,13-14H,4-7,10H2,1-3H3. The van der Waals surface area contributed by atoms with Crippen LogP contribution in [0.3, 0.4) is 0 Å². The van der Waals surface area contributed by atoms with Gasteiger partial charge in [0.05, 0.1) is 12.7 Å². The Kier molecular flexibility index (Phi) is 4.18. The second-order valence-corrected chi connectivity index (χ2v) is 5.31. The van der Waals surface area contributed by atoms with Crippen molar-refractivity contribution >= 4 is 0 Å². The predicted molar refractivity (Wildman–Crippen MR) is 70.1 cm³/mol. The zero-order valence-corrected chi connectivity index (χ0v) is 11.2. The molecule has 1 unspecified atom stereocenters. The molecule has 0 aromatic carbocycles. The van der Waals surface area contributed by atoms with Crippen molar-refractivity contribution in [2.75, 3.05) is 19.6 Å². The summed E-state index contributed by atoms with van der Waals surface area (Å²) in [6.07, 6.45) is 5.28. The second-order valence-electron chi connectivity index (χ2n) is 5.31. The molecule has 1 saturated heterocycles. The van der Waals surface area contributed by atoms with Gasteiger partial charge < -0.3 is 5.32 Å². The second kappa shape index (κ2) is 5.65. The van der Waals surface area contributed by atoms with E-state index < -0.39 is 0 Å². The van der Waals surface area contributed by atoms with Crippen molar-refractivity contribution in [2.24, 2.45) is 0 Å². The molecule has 2 rings (SSSR count). The van der Waals surface area contributed by atoms with Crippen LogP contribution < -0.4 is 5.32 Å². The minimum Gasteiger partial charge on any atom is -0.311 e. The van der Waals surface area contributed by atoms with Gasteiger partial charge in [-0.05, 0) is 39.3 Å². The van der Waals surface area contributed by atoms with Crippen LogP contribution >= 0.6 is 0 Å². The Morgan fingerprint density at radius 3 is 2.94 bits per heavy atom. The molecule has 17 heavy (non-hydrogen) atoms. The lowest BCUT2D eigenvalue weighted by Gasteiger charge is -2.20. The van der Waals surface area contributed by atoms with Crippen molar-refractivity contribution in [1.29, 1.82) is 0 Å². The van der Waals surface area contributed by atoms with Gasteiger partial charge in [0.2, 0.25) is 0 Å². The summed E-state index contributed by atoms with van der Waals surface area (Å²) in [6, 6.07) is 1.34. The van der Waals surface area contributed by atoms with Crippen LogP contribution in [0.2, 0.25) is 0 Å². The highest BCUT2D eigenvalue weighted by Crippen LogP contribution is 2.11. The average molecular weight is 236 g/mol. The Bertz CT molecular complexity index is 345. The first-order chi connectivity index (χ1) is 8.15. The monoisotopic (exact) mass is 236 g/mol. The van der Waals surface area contributed by atoms with Gasteiger partial charge in [0.25, 0.3) is 0 Å². The smallest absolute Gasteiger partial charge is 0.0534 e. The molecule has 1 atom stereocenters. The molecule has 0 saturated carbocycles. The third kappa shape index (κ3) is 3.54. The first-order valence-corrected chi connectivity index (χ1v) is 6.61. The average Bonchev–Trinajstić information content (AvgIpc) is 2.88. The van der Waals surface area contributed by atoms with Gasteiger partial charge in [-0.2, -0.15) is 5.10 Å². The fourth-order valence-corrected chi connectivity index (χ4v) is 2.40. The molecule has 1 aliphatic rings. The highest BCUT2D eigenvalue weighted by Gasteiger charge is 2.23. The summed E-state index contributed by atoms with van der Waals surface area (Å²) in [5.74, 6) is 0. The minimum atomic E-state index is 0.661. The van der Waals surface area contributed by atoms with Crippen LogP contribution in [0.4, 0.5) is 0 Å². The van der Waals surface area contributed by atoms with Crippen molar-refractivity contribution in [2.45, 2.75) is 45.8 Å². The van der Waals surface area contributed by atoms with E-state index in [2.05, 4.69) is 42.3 Å². The van der Waals surface area contributed by atoms with E-state index in [1.165, 1.54) is 25.1 Å². The molecule has 0 bridgehead atoms. The molecule has 0 spiro atoms. The van der Waals surface area contributed by atoms with Gasteiger partial charge in [0.15, 0.2) is 0 Å². The molecule has 2 heterocycles. The molecule has 0 radical (unpaired) electrons. The zero-order chi connectivity index (χ0) is 12.3. The lowest BCUT2D eigenvalue weighted by molar-refractivity contribution is 0.268. The third-order valence-electron chi connectivity index (χ3n) is 3.49. The van der Waals surface area contributed by atoms with Gasteiger partial charge in [-0.15, -0.1) is 0 Å². The molecular weight excluding hydrogens is 212 g/mol. The summed E-state index contributed by atoms with van der Waals surface area (Å²) in [7, 11) is 0. The third-order valence-corrected chi connectivity index (χ3v) is 3.49. The summed E-state index contributed by atoms with van der Waals surface area (Å²) in [6.45, 7) is 11.0. The van der Waals surface area contributed by atoms with E-state index in [-0.39, 0.29) is 0 Å². The Morgan fingerprint density at radius 1 is 1.53 bits per heavy atom. The number of nitrogens with zero attached hydrogens (tertiary/aromatic N) is 3. The van der Waals surface area contributed by atoms with Crippen LogP contribution in [-0.4, -0.2) is 46.4 Å². The lowest BCUT2D eigenvalue weighted by atomic mass is 10.2. The number of rotatable bonds is 5. The van der Waals surface area contributed by atoms with E-state index in [1.807, 2.05) is 10.9 Å². The van der Waals surface area contributed by atoms with Crippen molar-refractivity contribution in [3.05, 3.63) is 18.0 Å². The number of aromatic nitrogens is 2. The van der Waals surface area contributed by atoms with Crippen molar-refractivity contribution in [1.82, 2.24) is 20.0 Å². The van der Waals surface area contributed by atoms with Gasteiger partial charge >= 0.3 is 0 Å². The number of aryl methyl sites for hydroxylation is 1. The molecule has 0 aliphatic carbocycles. The molecule has 1 aliphatic heterocycles. The molecule has 96 valence electrons. The Hall–Kier alpha value is -0.870. The molecule has 4 heteroatoms. The first-order valence-electron chi connectivity index (χ1n) is 6.61. The number of hydrogen-bond donors (Lipinski definition) is 1. The van der Waals surface area contributed by atoms with Gasteiger partial charge in [-0.3, -0.25) is 9.58 Å². The summed E-state index contributed by atoms with van der Waals surface area (Å²) in [5.41, 5.74) is 1.23. The van der Waals surface area contributed by atoms with E-state index in [1.54, 1.807) is 0 Å². The van der Waals surface area contributed by atoms with E-state index >= 15 is 0 Å². The van der Waals surface area contributed by atoms with E-state index in [0.29, 0.717) is 12.1 Å². The largest absolute Gasteiger partial charge is 0.311 e. The minimum absolute atomic E-state index is 0.661. The number of hydrogen-bond acceptors (Lipinski definition) is 3. The Balaban J connectivity index is 1.66. The predicted octanol–water partition coefficient (Wildman–Crippen LogP) is 1.26. The topological polar surface area (TPSA) is 33.1 Å². The number of likely N-dealkylation sites (tertiary alicyclic amines) is 1. The molecule has 1 N–H and O–H groups in total. The van der Waals surface area contributed by atoms with Crippen LogP contribution in [0.15, 0.2) is 12.4 Å². The maximum Gasteiger partial charge on any atom is 0.0534 e. The molecule has 1 fully saturated rings. The van der Waals surface area contributed by atoms with E-state index in [4.69, 9.17) is 0 Å². The summed E-state index contributed by atoms with van der Waals surface area (Å²) >= 11 is 0. The molecular formula is C13H24N4. The summed E-state index contributed by atoms with van der Waals surface area (Å²) < 4.78 is 2.01. The highest BCUT2D eigenvalue weighted by molar-refractivity contribution is 4.99. The van der Waals surface area contributed by atoms with Gasteiger partial charge in [-0.25, -0.2) is 0 Å². The maximum atomic E-state index is 4.29. The van der Waals surface area contributed by atoms with Crippen molar-refractivity contribution in [3.8, 4) is 0 Å². The first kappa shape index (κ1) is 12.6. The zero-order valence-electron chi connectivity index (χ0n) is 11.2.